The second kappa shape index (κ2) is 8.43. The minimum atomic E-state index is -0.427. The molecule has 6 nitrogen and oxygen atoms in total. The molecule has 4 rings (SSSR count). The second-order valence-corrected chi connectivity index (χ2v) is 8.60. The van der Waals surface area contributed by atoms with E-state index in [9.17, 15) is 9.59 Å². The Morgan fingerprint density at radius 2 is 1.94 bits per heavy atom. The number of anilines is 1. The van der Waals surface area contributed by atoms with Crippen molar-refractivity contribution in [1.82, 2.24) is 4.57 Å². The van der Waals surface area contributed by atoms with Gasteiger partial charge >= 0.3 is 5.97 Å². The maximum atomic E-state index is 13.3. The molecule has 0 saturated heterocycles. The van der Waals surface area contributed by atoms with Gasteiger partial charge < -0.3 is 19.0 Å². The molecule has 0 aliphatic heterocycles. The van der Waals surface area contributed by atoms with Crippen LogP contribution in [0.5, 0.6) is 0 Å². The summed E-state index contributed by atoms with van der Waals surface area (Å²) in [6, 6.07) is 11.7. The van der Waals surface area contributed by atoms with Gasteiger partial charge in [0, 0.05) is 23.6 Å². The molecule has 3 heterocycles. The summed E-state index contributed by atoms with van der Waals surface area (Å²) in [6.07, 6.45) is 1.62. The van der Waals surface area contributed by atoms with Gasteiger partial charge in [0.15, 0.2) is 5.58 Å². The van der Waals surface area contributed by atoms with E-state index in [1.165, 1.54) is 11.3 Å². The molecule has 3 aromatic heterocycles. The fourth-order valence-corrected chi connectivity index (χ4v) is 4.67. The van der Waals surface area contributed by atoms with Crippen molar-refractivity contribution in [2.45, 2.75) is 34.2 Å². The Kier molecular flexibility index (Phi) is 5.69. The fourth-order valence-electron chi connectivity index (χ4n) is 3.62. The number of fused-ring (bicyclic) bond motifs is 1. The van der Waals surface area contributed by atoms with Crippen LogP contribution in [0.1, 0.15) is 49.3 Å². The minimum absolute atomic E-state index is 0.274. The number of aryl methyl sites for hydroxylation is 2. The maximum absolute atomic E-state index is 13.3. The van der Waals surface area contributed by atoms with Crippen LogP contribution in [-0.2, 0) is 11.3 Å². The predicted molar refractivity (Wildman–Crippen MR) is 122 cm³/mol. The highest BCUT2D eigenvalue weighted by Crippen LogP contribution is 2.34. The summed E-state index contributed by atoms with van der Waals surface area (Å²) in [5.41, 5.74) is 5.45. The Morgan fingerprint density at radius 1 is 1.16 bits per heavy atom. The molecule has 0 saturated carbocycles. The lowest BCUT2D eigenvalue weighted by molar-refractivity contribution is 0.0527. The third kappa shape index (κ3) is 3.88. The van der Waals surface area contributed by atoms with Gasteiger partial charge in [-0.1, -0.05) is 24.3 Å². The summed E-state index contributed by atoms with van der Waals surface area (Å²) in [5.74, 6) is -0.726. The number of carbonyl (C=O) groups is 2. The lowest BCUT2D eigenvalue weighted by atomic mass is 10.1. The molecule has 1 N–H and O–H groups in total. The molecule has 1 aromatic carbocycles. The molecule has 0 atom stereocenters. The van der Waals surface area contributed by atoms with E-state index in [1.807, 2.05) is 55.7 Å². The Morgan fingerprint density at radius 3 is 2.68 bits per heavy atom. The highest BCUT2D eigenvalue weighted by Gasteiger charge is 2.24. The Labute approximate surface area is 184 Å². The Bertz CT molecular complexity index is 1280. The van der Waals surface area contributed by atoms with Crippen LogP contribution in [0.15, 0.2) is 47.1 Å². The number of furan rings is 1. The number of thiophene rings is 1. The molecule has 0 unspecified atom stereocenters. The van der Waals surface area contributed by atoms with Crippen LogP contribution in [0, 0.1) is 20.8 Å². The van der Waals surface area contributed by atoms with Crippen molar-refractivity contribution in [2.75, 3.05) is 11.9 Å². The fraction of sp³-hybridized carbons (Fsp3) is 0.250. The summed E-state index contributed by atoms with van der Waals surface area (Å²) in [4.78, 5) is 26.7. The monoisotopic (exact) mass is 436 g/mol. The smallest absolute Gasteiger partial charge is 0.341 e. The van der Waals surface area contributed by atoms with Gasteiger partial charge in [-0.25, -0.2) is 4.79 Å². The molecule has 4 aromatic rings. The minimum Gasteiger partial charge on any atom is -0.463 e. The number of esters is 1. The van der Waals surface area contributed by atoms with Crippen molar-refractivity contribution in [2.24, 2.45) is 0 Å². The molecule has 7 heteroatoms. The van der Waals surface area contributed by atoms with E-state index >= 15 is 0 Å². The number of hydrogen-bond acceptors (Lipinski definition) is 5. The first-order chi connectivity index (χ1) is 14.9. The number of ether oxygens (including phenoxy) is 1. The van der Waals surface area contributed by atoms with Crippen molar-refractivity contribution in [1.29, 1.82) is 0 Å². The van der Waals surface area contributed by atoms with Crippen molar-refractivity contribution in [3.8, 4) is 0 Å². The molecule has 160 valence electrons. The number of aromatic nitrogens is 1. The number of benzene rings is 1. The first kappa shape index (κ1) is 20.9. The largest absolute Gasteiger partial charge is 0.463 e. The third-order valence-electron chi connectivity index (χ3n) is 5.44. The summed E-state index contributed by atoms with van der Waals surface area (Å²) in [7, 11) is 0. The highest BCUT2D eigenvalue weighted by atomic mass is 32.1. The molecule has 0 aliphatic carbocycles. The van der Waals surface area contributed by atoms with Crippen molar-refractivity contribution in [3.63, 3.8) is 0 Å². The summed E-state index contributed by atoms with van der Waals surface area (Å²) in [5, 5.41) is 3.43. The zero-order valence-electron chi connectivity index (χ0n) is 17.9. The summed E-state index contributed by atoms with van der Waals surface area (Å²) < 4.78 is 12.7. The lowest BCUT2D eigenvalue weighted by Gasteiger charge is -2.12. The average Bonchev–Trinajstić information content (AvgIpc) is 3.39. The molecule has 0 spiro atoms. The van der Waals surface area contributed by atoms with Crippen LogP contribution >= 0.6 is 11.3 Å². The first-order valence-corrected chi connectivity index (χ1v) is 10.9. The Balaban J connectivity index is 1.71. The van der Waals surface area contributed by atoms with E-state index < -0.39 is 5.97 Å². The van der Waals surface area contributed by atoms with Crippen molar-refractivity contribution >= 4 is 39.3 Å². The summed E-state index contributed by atoms with van der Waals surface area (Å²) >= 11 is 1.37. The number of nitrogens with one attached hydrogen (secondary N) is 1. The zero-order valence-corrected chi connectivity index (χ0v) is 18.8. The van der Waals surface area contributed by atoms with Crippen LogP contribution in [0.4, 0.5) is 5.00 Å². The van der Waals surface area contributed by atoms with Gasteiger partial charge in [-0.15, -0.1) is 11.3 Å². The molecule has 31 heavy (non-hydrogen) atoms. The maximum Gasteiger partial charge on any atom is 0.341 e. The van der Waals surface area contributed by atoms with Crippen LogP contribution in [0.3, 0.4) is 0 Å². The predicted octanol–water partition coefficient (Wildman–Crippen LogP) is 5.70. The number of hydrogen-bond donors (Lipinski definition) is 1. The SMILES string of the molecule is CCOC(=O)c1c(NC(=O)c2cc3occc3n2Cc2ccccc2C)sc(C)c1C. The van der Waals surface area contributed by atoms with Crippen LogP contribution in [0.25, 0.3) is 11.1 Å². The van der Waals surface area contributed by atoms with E-state index in [-0.39, 0.29) is 12.5 Å². The van der Waals surface area contributed by atoms with Crippen LogP contribution in [-0.4, -0.2) is 23.1 Å². The first-order valence-electron chi connectivity index (χ1n) is 10.1. The summed E-state index contributed by atoms with van der Waals surface area (Å²) in [6.45, 7) is 8.41. The van der Waals surface area contributed by atoms with Gasteiger partial charge in [-0.3, -0.25) is 4.79 Å². The zero-order chi connectivity index (χ0) is 22.1. The van der Waals surface area contributed by atoms with Gasteiger partial charge in [0.05, 0.1) is 24.0 Å². The van der Waals surface area contributed by atoms with E-state index in [1.54, 1.807) is 19.3 Å². The van der Waals surface area contributed by atoms with Gasteiger partial charge in [-0.05, 0) is 44.4 Å². The van der Waals surface area contributed by atoms with Crippen molar-refractivity contribution in [3.05, 3.63) is 75.5 Å². The highest BCUT2D eigenvalue weighted by molar-refractivity contribution is 7.16. The van der Waals surface area contributed by atoms with E-state index in [0.29, 0.717) is 28.4 Å². The van der Waals surface area contributed by atoms with Gasteiger partial charge in [0.25, 0.3) is 5.91 Å². The standard InChI is InChI=1S/C24H24N2O4S/c1-5-29-24(28)21-15(3)16(4)31-23(21)25-22(27)19-12-20-18(10-11-30-20)26(19)13-17-9-7-6-8-14(17)2/h6-12H,5,13H2,1-4H3,(H,25,27). The molecular weight excluding hydrogens is 412 g/mol. The Hall–Kier alpha value is -3.32. The van der Waals surface area contributed by atoms with Crippen molar-refractivity contribution < 1.29 is 18.7 Å². The third-order valence-corrected chi connectivity index (χ3v) is 6.56. The normalized spacial score (nSPS) is 11.1. The van der Waals surface area contributed by atoms with Gasteiger partial charge in [0.1, 0.15) is 10.7 Å². The van der Waals surface area contributed by atoms with Gasteiger partial charge in [0.2, 0.25) is 0 Å². The molecule has 0 fully saturated rings. The number of carbonyl (C=O) groups excluding carboxylic acids is 2. The number of amides is 1. The number of rotatable bonds is 6. The molecular formula is C24H24N2O4S. The molecule has 0 radical (unpaired) electrons. The topological polar surface area (TPSA) is 73.5 Å². The average molecular weight is 437 g/mol. The quantitative estimate of drug-likeness (QED) is 0.394. The van der Waals surface area contributed by atoms with E-state index in [0.717, 1.165) is 27.1 Å². The second-order valence-electron chi connectivity index (χ2n) is 7.37. The van der Waals surface area contributed by atoms with Crippen LogP contribution < -0.4 is 5.32 Å². The lowest BCUT2D eigenvalue weighted by Crippen LogP contribution is -2.19. The van der Waals surface area contributed by atoms with E-state index in [4.69, 9.17) is 9.15 Å². The molecule has 0 aliphatic rings. The van der Waals surface area contributed by atoms with E-state index in [2.05, 4.69) is 5.32 Å². The molecule has 1 amide bonds. The molecule has 0 bridgehead atoms. The number of nitrogens with zero attached hydrogens (tertiary/aromatic N) is 1. The van der Waals surface area contributed by atoms with Gasteiger partial charge in [-0.2, -0.15) is 0 Å². The van der Waals surface area contributed by atoms with Crippen LogP contribution in [0.2, 0.25) is 0 Å².